The summed E-state index contributed by atoms with van der Waals surface area (Å²) in [5, 5.41) is 10.0. The summed E-state index contributed by atoms with van der Waals surface area (Å²) in [7, 11) is 0. The van der Waals surface area contributed by atoms with E-state index in [1.54, 1.807) is 6.08 Å². The van der Waals surface area contributed by atoms with Gasteiger partial charge in [-0.05, 0) is 30.9 Å². The van der Waals surface area contributed by atoms with Crippen LogP contribution in [-0.2, 0) is 0 Å². The zero-order valence-electron chi connectivity index (χ0n) is 6.02. The lowest BCUT2D eigenvalue weighted by molar-refractivity contribution is 0.416. The monoisotopic (exact) mass is 158 g/mol. The fourth-order valence-electron chi connectivity index (χ4n) is 1.08. The van der Waals surface area contributed by atoms with Crippen LogP contribution in [0.15, 0.2) is 22.4 Å². The first-order valence-electron chi connectivity index (χ1n) is 3.51. The fourth-order valence-corrected chi connectivity index (χ4v) is 1.28. The summed E-state index contributed by atoms with van der Waals surface area (Å²) in [5.74, 6) is 0.374. The van der Waals surface area contributed by atoms with Crippen molar-refractivity contribution in [3.63, 3.8) is 0 Å². The minimum absolute atomic E-state index is 0.374. The van der Waals surface area contributed by atoms with Gasteiger partial charge in [0.15, 0.2) is 0 Å². The maximum atomic E-state index is 9.26. The Kier molecular flexibility index (Phi) is 2.39. The van der Waals surface area contributed by atoms with Gasteiger partial charge in [-0.3, -0.25) is 0 Å². The van der Waals surface area contributed by atoms with Crippen molar-refractivity contribution < 1.29 is 5.11 Å². The Labute approximate surface area is 66.0 Å². The zero-order valence-corrected chi connectivity index (χ0v) is 6.78. The molecular formula is C8H11ClO. The highest BCUT2D eigenvalue weighted by molar-refractivity contribution is 6.29. The van der Waals surface area contributed by atoms with Gasteiger partial charge in [-0.25, -0.2) is 0 Å². The molecule has 0 aromatic carbocycles. The molecule has 2 heteroatoms. The average Bonchev–Trinajstić information content (AvgIpc) is 1.88. The van der Waals surface area contributed by atoms with Crippen molar-refractivity contribution in [1.82, 2.24) is 0 Å². The second-order valence-electron chi connectivity index (χ2n) is 2.43. The summed E-state index contributed by atoms with van der Waals surface area (Å²) in [6.45, 7) is 2.04. The minimum atomic E-state index is 0.374. The van der Waals surface area contributed by atoms with Gasteiger partial charge in [-0.2, -0.15) is 0 Å². The first-order chi connectivity index (χ1) is 4.74. The highest BCUT2D eigenvalue weighted by Crippen LogP contribution is 2.26. The van der Waals surface area contributed by atoms with E-state index < -0.39 is 0 Å². The van der Waals surface area contributed by atoms with Crippen LogP contribution in [0.1, 0.15) is 26.2 Å². The third-order valence-corrected chi connectivity index (χ3v) is 2.05. The number of aliphatic hydroxyl groups excluding tert-OH is 1. The topological polar surface area (TPSA) is 20.2 Å². The third kappa shape index (κ3) is 1.54. The number of rotatable bonds is 1. The summed E-state index contributed by atoms with van der Waals surface area (Å²) in [5.41, 5.74) is 1.12. The molecule has 0 aromatic heterocycles. The van der Waals surface area contributed by atoms with Gasteiger partial charge in [0, 0.05) is 5.03 Å². The SMILES string of the molecule is CCC1=C(O)C=C(Cl)CC1. The molecule has 0 spiro atoms. The maximum Gasteiger partial charge on any atom is 0.115 e. The van der Waals surface area contributed by atoms with Crippen molar-refractivity contribution in [3.05, 3.63) is 22.4 Å². The Morgan fingerprint density at radius 2 is 2.30 bits per heavy atom. The molecule has 1 aliphatic carbocycles. The number of halogens is 1. The van der Waals surface area contributed by atoms with E-state index in [9.17, 15) is 5.11 Å². The van der Waals surface area contributed by atoms with Crippen LogP contribution >= 0.6 is 11.6 Å². The fraction of sp³-hybridized carbons (Fsp3) is 0.500. The molecule has 1 rings (SSSR count). The number of allylic oxidation sites excluding steroid dienone is 3. The van der Waals surface area contributed by atoms with Crippen molar-refractivity contribution in [2.24, 2.45) is 0 Å². The van der Waals surface area contributed by atoms with Gasteiger partial charge >= 0.3 is 0 Å². The van der Waals surface area contributed by atoms with Crippen LogP contribution in [-0.4, -0.2) is 5.11 Å². The van der Waals surface area contributed by atoms with Gasteiger partial charge < -0.3 is 5.11 Å². The van der Waals surface area contributed by atoms with E-state index in [0.717, 1.165) is 29.9 Å². The molecule has 0 saturated carbocycles. The van der Waals surface area contributed by atoms with Crippen molar-refractivity contribution >= 4 is 11.6 Å². The van der Waals surface area contributed by atoms with E-state index in [-0.39, 0.29) is 0 Å². The number of aliphatic hydroxyl groups is 1. The van der Waals surface area contributed by atoms with Crippen molar-refractivity contribution in [2.45, 2.75) is 26.2 Å². The predicted molar refractivity (Wildman–Crippen MR) is 43.1 cm³/mol. The third-order valence-electron chi connectivity index (χ3n) is 1.75. The molecule has 56 valence electrons. The first-order valence-corrected chi connectivity index (χ1v) is 3.89. The Morgan fingerprint density at radius 1 is 1.60 bits per heavy atom. The zero-order chi connectivity index (χ0) is 7.56. The molecule has 0 atom stereocenters. The number of hydrogen-bond acceptors (Lipinski definition) is 1. The van der Waals surface area contributed by atoms with Gasteiger partial charge in [-0.15, -0.1) is 0 Å². The summed E-state index contributed by atoms with van der Waals surface area (Å²) in [6, 6.07) is 0. The molecule has 1 aliphatic rings. The molecule has 0 aromatic rings. The Balaban J connectivity index is 2.80. The molecule has 0 radical (unpaired) electrons. The van der Waals surface area contributed by atoms with E-state index >= 15 is 0 Å². The normalized spacial score (nSPS) is 19.2. The van der Waals surface area contributed by atoms with Crippen molar-refractivity contribution in [1.29, 1.82) is 0 Å². The van der Waals surface area contributed by atoms with Crippen LogP contribution in [0.2, 0.25) is 0 Å². The lowest BCUT2D eigenvalue weighted by Crippen LogP contribution is -1.95. The minimum Gasteiger partial charge on any atom is -0.508 e. The standard InChI is InChI=1S/C8H11ClO/c1-2-6-3-4-7(9)5-8(6)10/h5,10H,2-4H2,1H3. The Morgan fingerprint density at radius 3 is 2.80 bits per heavy atom. The molecule has 10 heavy (non-hydrogen) atoms. The van der Waals surface area contributed by atoms with E-state index in [1.165, 1.54) is 0 Å². The quantitative estimate of drug-likeness (QED) is 0.622. The van der Waals surface area contributed by atoms with Crippen LogP contribution in [0, 0.1) is 0 Å². The highest BCUT2D eigenvalue weighted by atomic mass is 35.5. The van der Waals surface area contributed by atoms with E-state index in [0.29, 0.717) is 5.76 Å². The molecule has 0 saturated heterocycles. The molecule has 0 heterocycles. The molecule has 1 nitrogen and oxygen atoms in total. The molecule has 1 N–H and O–H groups in total. The van der Waals surface area contributed by atoms with E-state index in [2.05, 4.69) is 0 Å². The Bertz CT molecular complexity index is 191. The molecule has 0 unspecified atom stereocenters. The maximum absolute atomic E-state index is 9.26. The van der Waals surface area contributed by atoms with Crippen molar-refractivity contribution in [2.75, 3.05) is 0 Å². The van der Waals surface area contributed by atoms with Gasteiger partial charge in [0.2, 0.25) is 0 Å². The average molecular weight is 159 g/mol. The molecule has 0 amide bonds. The largest absolute Gasteiger partial charge is 0.508 e. The number of hydrogen-bond donors (Lipinski definition) is 1. The highest BCUT2D eigenvalue weighted by Gasteiger charge is 2.08. The Hall–Kier alpha value is -0.430. The molecule has 0 bridgehead atoms. The molecule has 0 fully saturated rings. The van der Waals surface area contributed by atoms with E-state index in [4.69, 9.17) is 11.6 Å². The molecule has 0 aliphatic heterocycles. The lowest BCUT2D eigenvalue weighted by Gasteiger charge is -2.11. The second-order valence-corrected chi connectivity index (χ2v) is 2.92. The van der Waals surface area contributed by atoms with Crippen molar-refractivity contribution in [3.8, 4) is 0 Å². The first kappa shape index (κ1) is 7.67. The predicted octanol–water partition coefficient (Wildman–Crippen LogP) is 3.13. The van der Waals surface area contributed by atoms with Gasteiger partial charge in [0.05, 0.1) is 0 Å². The van der Waals surface area contributed by atoms with Gasteiger partial charge in [-0.1, -0.05) is 18.5 Å². The van der Waals surface area contributed by atoms with Crippen LogP contribution in [0.3, 0.4) is 0 Å². The lowest BCUT2D eigenvalue weighted by atomic mass is 10.0. The molecular weight excluding hydrogens is 148 g/mol. The second kappa shape index (κ2) is 3.11. The van der Waals surface area contributed by atoms with Crippen LogP contribution < -0.4 is 0 Å². The van der Waals surface area contributed by atoms with Gasteiger partial charge in [0.1, 0.15) is 5.76 Å². The smallest absolute Gasteiger partial charge is 0.115 e. The summed E-state index contributed by atoms with van der Waals surface area (Å²) < 4.78 is 0. The summed E-state index contributed by atoms with van der Waals surface area (Å²) >= 11 is 5.70. The van der Waals surface area contributed by atoms with Crippen LogP contribution in [0.4, 0.5) is 0 Å². The van der Waals surface area contributed by atoms with Crippen LogP contribution in [0.25, 0.3) is 0 Å². The van der Waals surface area contributed by atoms with Gasteiger partial charge in [0.25, 0.3) is 0 Å². The summed E-state index contributed by atoms with van der Waals surface area (Å²) in [6.07, 6.45) is 4.36. The van der Waals surface area contributed by atoms with Crippen LogP contribution in [0.5, 0.6) is 0 Å². The van der Waals surface area contributed by atoms with E-state index in [1.807, 2.05) is 6.92 Å². The summed E-state index contributed by atoms with van der Waals surface area (Å²) in [4.78, 5) is 0.